The van der Waals surface area contributed by atoms with Gasteiger partial charge in [0, 0.05) is 19.7 Å². The minimum Gasteiger partial charge on any atom is -0.493 e. The van der Waals surface area contributed by atoms with E-state index in [0.29, 0.717) is 44.5 Å². The van der Waals surface area contributed by atoms with E-state index in [0.717, 1.165) is 5.56 Å². The molecule has 7 nitrogen and oxygen atoms in total. The van der Waals surface area contributed by atoms with Crippen LogP contribution < -0.4 is 9.47 Å². The van der Waals surface area contributed by atoms with Crippen molar-refractivity contribution in [1.29, 1.82) is 0 Å². The van der Waals surface area contributed by atoms with E-state index in [9.17, 15) is 5.11 Å². The average Bonchev–Trinajstić information content (AvgIpc) is 2.67. The standard InChI is InChI=1S/C21H37NO6/c1-16(2)27-12-10-26-15-19(23)14-22(4)17(3)18-7-8-20(21(13-18)25-6)28-11-9-24-5/h7-8,13,16-17,19,23H,9-12,14-15H2,1-6H3. The van der Waals surface area contributed by atoms with E-state index in [1.54, 1.807) is 14.2 Å². The Morgan fingerprint density at radius 1 is 1.00 bits per heavy atom. The lowest BCUT2D eigenvalue weighted by atomic mass is 10.1. The molecule has 0 saturated carbocycles. The molecule has 0 spiro atoms. The molecule has 1 N–H and O–H groups in total. The molecule has 0 radical (unpaired) electrons. The summed E-state index contributed by atoms with van der Waals surface area (Å²) in [6.07, 6.45) is -0.376. The highest BCUT2D eigenvalue weighted by molar-refractivity contribution is 5.43. The Morgan fingerprint density at radius 3 is 2.39 bits per heavy atom. The van der Waals surface area contributed by atoms with Crippen LogP contribution in [0.3, 0.4) is 0 Å². The maximum atomic E-state index is 10.2. The highest BCUT2D eigenvalue weighted by atomic mass is 16.5. The van der Waals surface area contributed by atoms with Gasteiger partial charge in [-0.15, -0.1) is 0 Å². The van der Waals surface area contributed by atoms with Gasteiger partial charge >= 0.3 is 0 Å². The number of hydrogen-bond acceptors (Lipinski definition) is 7. The van der Waals surface area contributed by atoms with Crippen LogP contribution in [-0.2, 0) is 14.2 Å². The molecule has 2 unspecified atom stereocenters. The number of nitrogens with zero attached hydrogens (tertiary/aromatic N) is 1. The van der Waals surface area contributed by atoms with Crippen LogP contribution in [0.4, 0.5) is 0 Å². The zero-order valence-electron chi connectivity index (χ0n) is 18.1. The highest BCUT2D eigenvalue weighted by Gasteiger charge is 2.17. The first-order valence-electron chi connectivity index (χ1n) is 9.76. The second-order valence-electron chi connectivity index (χ2n) is 7.02. The summed E-state index contributed by atoms with van der Waals surface area (Å²) in [6.45, 7) is 8.85. The van der Waals surface area contributed by atoms with Gasteiger partial charge in [-0.05, 0) is 45.5 Å². The van der Waals surface area contributed by atoms with Crippen molar-refractivity contribution < 1.29 is 28.8 Å². The third kappa shape index (κ3) is 9.21. The summed E-state index contributed by atoms with van der Waals surface area (Å²) in [7, 11) is 5.24. The number of ether oxygens (including phenoxy) is 5. The first-order chi connectivity index (χ1) is 13.4. The number of aliphatic hydroxyl groups is 1. The summed E-state index contributed by atoms with van der Waals surface area (Å²) in [4.78, 5) is 2.08. The maximum Gasteiger partial charge on any atom is 0.161 e. The molecule has 28 heavy (non-hydrogen) atoms. The van der Waals surface area contributed by atoms with Crippen LogP contribution in [0.25, 0.3) is 0 Å². The largest absolute Gasteiger partial charge is 0.493 e. The molecule has 0 heterocycles. The fourth-order valence-corrected chi connectivity index (χ4v) is 2.66. The monoisotopic (exact) mass is 399 g/mol. The van der Waals surface area contributed by atoms with Crippen molar-refractivity contribution in [2.24, 2.45) is 0 Å². The van der Waals surface area contributed by atoms with Gasteiger partial charge in [0.1, 0.15) is 6.61 Å². The summed E-state index contributed by atoms with van der Waals surface area (Å²) < 4.78 is 27.0. The van der Waals surface area contributed by atoms with Crippen LogP contribution in [0.1, 0.15) is 32.4 Å². The zero-order chi connectivity index (χ0) is 20.9. The van der Waals surface area contributed by atoms with E-state index < -0.39 is 6.10 Å². The third-order valence-corrected chi connectivity index (χ3v) is 4.36. The summed E-state index contributed by atoms with van der Waals surface area (Å²) in [5.41, 5.74) is 1.08. The Hall–Kier alpha value is -1.38. The Labute approximate surface area is 169 Å². The van der Waals surface area contributed by atoms with Gasteiger partial charge in [-0.3, -0.25) is 4.90 Å². The highest BCUT2D eigenvalue weighted by Crippen LogP contribution is 2.31. The Morgan fingerprint density at radius 2 is 1.75 bits per heavy atom. The van der Waals surface area contributed by atoms with E-state index in [1.165, 1.54) is 0 Å². The molecule has 1 aromatic carbocycles. The van der Waals surface area contributed by atoms with Crippen LogP contribution in [0.15, 0.2) is 18.2 Å². The van der Waals surface area contributed by atoms with Crippen LogP contribution in [0.5, 0.6) is 11.5 Å². The molecule has 0 fully saturated rings. The first kappa shape index (κ1) is 24.7. The lowest BCUT2D eigenvalue weighted by molar-refractivity contribution is -0.0193. The van der Waals surface area contributed by atoms with E-state index in [4.69, 9.17) is 23.7 Å². The molecule has 7 heteroatoms. The van der Waals surface area contributed by atoms with Crippen LogP contribution >= 0.6 is 0 Å². The van der Waals surface area contributed by atoms with Crippen LogP contribution in [0, 0.1) is 0 Å². The van der Waals surface area contributed by atoms with Crippen LogP contribution in [0.2, 0.25) is 0 Å². The van der Waals surface area contributed by atoms with Gasteiger partial charge in [-0.25, -0.2) is 0 Å². The second-order valence-corrected chi connectivity index (χ2v) is 7.02. The topological polar surface area (TPSA) is 69.6 Å². The van der Waals surface area contributed by atoms with E-state index in [-0.39, 0.29) is 18.8 Å². The number of rotatable bonds is 15. The molecule has 1 aromatic rings. The average molecular weight is 400 g/mol. The van der Waals surface area contributed by atoms with Crippen molar-refractivity contribution in [3.63, 3.8) is 0 Å². The Kier molecular flexibility index (Phi) is 12.1. The number of methoxy groups -OCH3 is 2. The number of benzene rings is 1. The molecule has 0 aliphatic carbocycles. The molecule has 0 bridgehead atoms. The molecular formula is C21H37NO6. The molecular weight excluding hydrogens is 362 g/mol. The van der Waals surface area contributed by atoms with E-state index in [2.05, 4.69) is 11.8 Å². The molecule has 0 aliphatic heterocycles. The Bertz CT molecular complexity index is 540. The predicted octanol–water partition coefficient (Wildman–Crippen LogP) is 2.52. The van der Waals surface area contributed by atoms with E-state index >= 15 is 0 Å². The smallest absolute Gasteiger partial charge is 0.161 e. The van der Waals surface area contributed by atoms with Gasteiger partial charge in [0.15, 0.2) is 11.5 Å². The molecule has 0 aliphatic rings. The summed E-state index contributed by atoms with van der Waals surface area (Å²) >= 11 is 0. The van der Waals surface area contributed by atoms with Gasteiger partial charge in [0.2, 0.25) is 0 Å². The SMILES string of the molecule is COCCOc1ccc(C(C)N(C)CC(O)COCCOC(C)C)cc1OC. The fraction of sp³-hybridized carbons (Fsp3) is 0.714. The summed E-state index contributed by atoms with van der Waals surface area (Å²) in [6, 6.07) is 5.98. The van der Waals surface area contributed by atoms with Crippen LogP contribution in [-0.4, -0.2) is 83.1 Å². The quantitative estimate of drug-likeness (QED) is 0.455. The van der Waals surface area contributed by atoms with Gasteiger partial charge in [0.25, 0.3) is 0 Å². The second kappa shape index (κ2) is 13.7. The van der Waals surface area contributed by atoms with E-state index in [1.807, 2.05) is 39.1 Å². The van der Waals surface area contributed by atoms with Crippen molar-refractivity contribution in [1.82, 2.24) is 4.90 Å². The summed E-state index contributed by atoms with van der Waals surface area (Å²) in [5, 5.41) is 10.2. The van der Waals surface area contributed by atoms with Crippen molar-refractivity contribution in [3.8, 4) is 11.5 Å². The van der Waals surface area contributed by atoms with Crippen molar-refractivity contribution in [2.75, 3.05) is 60.8 Å². The normalized spacial score (nSPS) is 13.8. The third-order valence-electron chi connectivity index (χ3n) is 4.36. The molecule has 0 saturated heterocycles. The van der Waals surface area contributed by atoms with Gasteiger partial charge in [-0.2, -0.15) is 0 Å². The molecule has 0 aromatic heterocycles. The van der Waals surface area contributed by atoms with Gasteiger partial charge < -0.3 is 28.8 Å². The number of aliphatic hydroxyl groups excluding tert-OH is 1. The number of likely N-dealkylation sites (N-methyl/N-ethyl adjacent to an activating group) is 1. The maximum absolute atomic E-state index is 10.2. The predicted molar refractivity (Wildman–Crippen MR) is 109 cm³/mol. The molecule has 162 valence electrons. The minimum absolute atomic E-state index is 0.0980. The first-order valence-corrected chi connectivity index (χ1v) is 9.76. The lowest BCUT2D eigenvalue weighted by Crippen LogP contribution is -2.34. The summed E-state index contributed by atoms with van der Waals surface area (Å²) in [5.74, 6) is 1.37. The van der Waals surface area contributed by atoms with Gasteiger partial charge in [0.05, 0.1) is 45.7 Å². The number of hydrogen-bond donors (Lipinski definition) is 1. The molecule has 0 amide bonds. The molecule has 1 rings (SSSR count). The lowest BCUT2D eigenvalue weighted by Gasteiger charge is -2.27. The van der Waals surface area contributed by atoms with Gasteiger partial charge in [-0.1, -0.05) is 6.07 Å². The zero-order valence-corrected chi connectivity index (χ0v) is 18.1. The van der Waals surface area contributed by atoms with Crippen molar-refractivity contribution >= 4 is 0 Å². The van der Waals surface area contributed by atoms with Crippen molar-refractivity contribution in [3.05, 3.63) is 23.8 Å². The minimum atomic E-state index is -0.565. The fourth-order valence-electron chi connectivity index (χ4n) is 2.66. The van der Waals surface area contributed by atoms with Crippen molar-refractivity contribution in [2.45, 2.75) is 39.0 Å². The molecule has 2 atom stereocenters. The Balaban J connectivity index is 2.51.